The van der Waals surface area contributed by atoms with Crippen LogP contribution in [0.3, 0.4) is 0 Å². The summed E-state index contributed by atoms with van der Waals surface area (Å²) in [6.45, 7) is 4.72. The third kappa shape index (κ3) is 6.62. The summed E-state index contributed by atoms with van der Waals surface area (Å²) < 4.78 is 0. The van der Waals surface area contributed by atoms with Crippen LogP contribution in [0.15, 0.2) is 60.7 Å². The van der Waals surface area contributed by atoms with Crippen molar-refractivity contribution in [2.75, 3.05) is 37.6 Å². The van der Waals surface area contributed by atoms with E-state index in [-0.39, 0.29) is 11.8 Å². The molecule has 2 aromatic carbocycles. The topological polar surface area (TPSA) is 118 Å². The lowest BCUT2D eigenvalue weighted by Gasteiger charge is -2.34. The second kappa shape index (κ2) is 11.8. The van der Waals surface area contributed by atoms with Crippen molar-refractivity contribution in [1.29, 1.82) is 0 Å². The molecule has 37 heavy (non-hydrogen) atoms. The molecule has 1 fully saturated rings. The van der Waals surface area contributed by atoms with Gasteiger partial charge < -0.3 is 20.0 Å². The van der Waals surface area contributed by atoms with Gasteiger partial charge in [0.15, 0.2) is 0 Å². The number of para-hydroxylation sites is 1. The molecule has 0 saturated carbocycles. The highest BCUT2D eigenvalue weighted by Crippen LogP contribution is 2.29. The van der Waals surface area contributed by atoms with Crippen LogP contribution in [0.1, 0.15) is 34.3 Å². The van der Waals surface area contributed by atoms with E-state index < -0.39 is 11.9 Å². The van der Waals surface area contributed by atoms with Gasteiger partial charge in [-0.15, -0.1) is 0 Å². The van der Waals surface area contributed by atoms with Gasteiger partial charge in [0, 0.05) is 43.0 Å². The molecule has 1 saturated heterocycles. The molecule has 2 N–H and O–H groups in total. The maximum absolute atomic E-state index is 12.8. The van der Waals surface area contributed by atoms with Crippen LogP contribution in [0.5, 0.6) is 0 Å². The standard InChI is InChI=1S/C24H27N3O2.C4H4O4/c28-23(27-14-11-19-5-2-4-8-22(19)27)17-25-12-9-18(10-13-25)15-26-16-20-6-1-3-7-21(20)24(26)29;5-3(6)1-2-4(7)8/h1-8,18H,9-17H2;1-2H,(H,5,6)(H,7,8)/b;2-1+. The van der Waals surface area contributed by atoms with Gasteiger partial charge in [-0.3, -0.25) is 14.5 Å². The van der Waals surface area contributed by atoms with E-state index >= 15 is 0 Å². The van der Waals surface area contributed by atoms with Crippen molar-refractivity contribution in [3.05, 3.63) is 77.4 Å². The van der Waals surface area contributed by atoms with Crippen LogP contribution >= 0.6 is 0 Å². The van der Waals surface area contributed by atoms with Crippen molar-refractivity contribution >= 4 is 29.4 Å². The molecule has 3 aliphatic heterocycles. The number of piperidine rings is 1. The van der Waals surface area contributed by atoms with Crippen molar-refractivity contribution in [2.24, 2.45) is 5.92 Å². The van der Waals surface area contributed by atoms with Gasteiger partial charge in [0.2, 0.25) is 5.91 Å². The number of rotatable bonds is 6. The highest BCUT2D eigenvalue weighted by molar-refractivity contribution is 5.98. The zero-order chi connectivity index (χ0) is 26.4. The Morgan fingerprint density at radius 3 is 2.14 bits per heavy atom. The second-order valence-corrected chi connectivity index (χ2v) is 9.50. The van der Waals surface area contributed by atoms with Gasteiger partial charge in [0.05, 0.1) is 6.54 Å². The molecule has 5 rings (SSSR count). The monoisotopic (exact) mass is 505 g/mol. The Labute approximate surface area is 215 Å². The van der Waals surface area contributed by atoms with Crippen molar-refractivity contribution in [1.82, 2.24) is 9.80 Å². The van der Waals surface area contributed by atoms with Crippen LogP contribution in [0.4, 0.5) is 5.69 Å². The summed E-state index contributed by atoms with van der Waals surface area (Å²) in [6, 6.07) is 16.2. The number of carbonyl (C=O) groups excluding carboxylic acids is 2. The molecule has 0 aromatic heterocycles. The zero-order valence-electron chi connectivity index (χ0n) is 20.6. The molecule has 9 nitrogen and oxygen atoms in total. The number of carboxylic acid groups (broad SMARTS) is 2. The zero-order valence-corrected chi connectivity index (χ0v) is 20.6. The van der Waals surface area contributed by atoms with Crippen LogP contribution in [-0.2, 0) is 27.3 Å². The average molecular weight is 506 g/mol. The third-order valence-electron chi connectivity index (χ3n) is 7.00. The summed E-state index contributed by atoms with van der Waals surface area (Å²) >= 11 is 0. The maximum Gasteiger partial charge on any atom is 0.328 e. The minimum Gasteiger partial charge on any atom is -0.478 e. The maximum atomic E-state index is 12.8. The normalized spacial score (nSPS) is 17.4. The second-order valence-electron chi connectivity index (χ2n) is 9.50. The first kappa shape index (κ1) is 26.1. The molecule has 2 aromatic rings. The van der Waals surface area contributed by atoms with E-state index in [4.69, 9.17) is 10.2 Å². The highest BCUT2D eigenvalue weighted by Gasteiger charge is 2.31. The number of carboxylic acids is 2. The first-order valence-corrected chi connectivity index (χ1v) is 12.4. The largest absolute Gasteiger partial charge is 0.478 e. The van der Waals surface area contributed by atoms with Crippen molar-refractivity contribution in [3.8, 4) is 0 Å². The predicted octanol–water partition coefficient (Wildman–Crippen LogP) is 2.66. The number of fused-ring (bicyclic) bond motifs is 2. The molecule has 2 amide bonds. The fourth-order valence-corrected chi connectivity index (χ4v) is 5.12. The minimum absolute atomic E-state index is 0.172. The molecule has 0 spiro atoms. The van der Waals surface area contributed by atoms with Crippen LogP contribution in [0.25, 0.3) is 0 Å². The molecular formula is C28H31N3O6. The Kier molecular flexibility index (Phi) is 8.35. The molecule has 0 bridgehead atoms. The molecule has 9 heteroatoms. The molecule has 0 aliphatic carbocycles. The lowest BCUT2D eigenvalue weighted by atomic mass is 9.96. The Morgan fingerprint density at radius 1 is 0.865 bits per heavy atom. The predicted molar refractivity (Wildman–Crippen MR) is 137 cm³/mol. The van der Waals surface area contributed by atoms with E-state index in [0.717, 1.165) is 68.8 Å². The summed E-state index contributed by atoms with van der Waals surface area (Å²) in [4.78, 5) is 50.8. The number of aliphatic carboxylic acids is 2. The molecule has 3 aliphatic rings. The van der Waals surface area contributed by atoms with Gasteiger partial charge in [0.1, 0.15) is 0 Å². The van der Waals surface area contributed by atoms with Gasteiger partial charge in [-0.2, -0.15) is 0 Å². The Hall–Kier alpha value is -3.98. The fourth-order valence-electron chi connectivity index (χ4n) is 5.12. The number of amides is 2. The smallest absolute Gasteiger partial charge is 0.328 e. The van der Waals surface area contributed by atoms with E-state index in [9.17, 15) is 19.2 Å². The summed E-state index contributed by atoms with van der Waals surface area (Å²) in [5, 5.41) is 15.6. The van der Waals surface area contributed by atoms with Crippen molar-refractivity contribution < 1.29 is 29.4 Å². The average Bonchev–Trinajstić information content (AvgIpc) is 3.46. The van der Waals surface area contributed by atoms with Crippen molar-refractivity contribution in [2.45, 2.75) is 25.8 Å². The van der Waals surface area contributed by atoms with E-state index in [1.807, 2.05) is 40.1 Å². The molecule has 3 heterocycles. The summed E-state index contributed by atoms with van der Waals surface area (Å²) in [5.41, 5.74) is 4.36. The SMILES string of the molecule is O=C(O)/C=C/C(=O)O.O=C1c2ccccc2CN1CC1CCN(CC(=O)N2CCc3ccccc32)CC1. The fraction of sp³-hybridized carbons (Fsp3) is 0.357. The van der Waals surface area contributed by atoms with Gasteiger partial charge in [-0.25, -0.2) is 9.59 Å². The minimum atomic E-state index is -1.26. The first-order valence-electron chi connectivity index (χ1n) is 12.4. The number of hydrogen-bond donors (Lipinski definition) is 2. The van der Waals surface area contributed by atoms with Gasteiger partial charge >= 0.3 is 11.9 Å². The lowest BCUT2D eigenvalue weighted by Crippen LogP contribution is -2.44. The quantitative estimate of drug-likeness (QED) is 0.580. The number of likely N-dealkylation sites (tertiary alicyclic amines) is 1. The number of anilines is 1. The van der Waals surface area contributed by atoms with Crippen molar-refractivity contribution in [3.63, 3.8) is 0 Å². The number of benzene rings is 2. The molecule has 194 valence electrons. The summed E-state index contributed by atoms with van der Waals surface area (Å²) in [6.07, 6.45) is 4.16. The van der Waals surface area contributed by atoms with E-state index in [0.29, 0.717) is 24.6 Å². The molecule has 0 atom stereocenters. The molecule has 0 radical (unpaired) electrons. The Bertz CT molecular complexity index is 1190. The molecular weight excluding hydrogens is 474 g/mol. The number of hydrogen-bond acceptors (Lipinski definition) is 5. The van der Waals surface area contributed by atoms with E-state index in [2.05, 4.69) is 23.1 Å². The Balaban J connectivity index is 0.000000349. The van der Waals surface area contributed by atoms with Gasteiger partial charge in [-0.1, -0.05) is 36.4 Å². The van der Waals surface area contributed by atoms with Crippen LogP contribution in [0.2, 0.25) is 0 Å². The summed E-state index contributed by atoms with van der Waals surface area (Å²) in [7, 11) is 0. The van der Waals surface area contributed by atoms with Crippen LogP contribution in [0, 0.1) is 5.92 Å². The summed E-state index contributed by atoms with van der Waals surface area (Å²) in [5.74, 6) is -1.61. The highest BCUT2D eigenvalue weighted by atomic mass is 16.4. The van der Waals surface area contributed by atoms with E-state index in [1.54, 1.807) is 0 Å². The van der Waals surface area contributed by atoms with Crippen LogP contribution in [-0.4, -0.2) is 76.5 Å². The van der Waals surface area contributed by atoms with Crippen LogP contribution < -0.4 is 4.90 Å². The molecule has 0 unspecified atom stereocenters. The van der Waals surface area contributed by atoms with Gasteiger partial charge in [-0.05, 0) is 61.5 Å². The number of carbonyl (C=O) groups is 4. The van der Waals surface area contributed by atoms with Gasteiger partial charge in [0.25, 0.3) is 5.91 Å². The van der Waals surface area contributed by atoms with E-state index in [1.165, 1.54) is 5.56 Å². The number of nitrogens with zero attached hydrogens (tertiary/aromatic N) is 3. The Morgan fingerprint density at radius 2 is 1.49 bits per heavy atom. The third-order valence-corrected chi connectivity index (χ3v) is 7.00. The lowest BCUT2D eigenvalue weighted by molar-refractivity contribution is -0.134. The first-order chi connectivity index (χ1) is 17.8.